The maximum atomic E-state index is 12.8. The molecule has 2 amide bonds. The minimum absolute atomic E-state index is 0.160. The molecule has 0 aromatic heterocycles. The first kappa shape index (κ1) is 18.8. The van der Waals surface area contributed by atoms with Crippen molar-refractivity contribution in [2.24, 2.45) is 28.8 Å². The van der Waals surface area contributed by atoms with E-state index < -0.39 is 0 Å². The summed E-state index contributed by atoms with van der Waals surface area (Å²) in [6, 6.07) is 15.7. The number of carbonyl (C=O) groups is 2. The molecular weight excluding hydrogens is 376 g/mol. The Morgan fingerprint density at radius 2 is 1.67 bits per heavy atom. The van der Waals surface area contributed by atoms with Crippen LogP contribution in [0.5, 0.6) is 5.75 Å². The molecule has 2 fully saturated rings. The molecule has 0 N–H and O–H groups in total. The monoisotopic (exact) mass is 400 g/mol. The first-order chi connectivity index (χ1) is 14.6. The lowest BCUT2D eigenvalue weighted by molar-refractivity contribution is -0.140. The largest absolute Gasteiger partial charge is 0.489 e. The number of rotatable bonds is 5. The minimum Gasteiger partial charge on any atom is -0.489 e. The lowest BCUT2D eigenvalue weighted by atomic mass is 9.63. The second-order valence-corrected chi connectivity index (χ2v) is 8.42. The zero-order valence-electron chi connectivity index (χ0n) is 16.9. The third-order valence-electron chi connectivity index (χ3n) is 6.44. The van der Waals surface area contributed by atoms with Gasteiger partial charge in [-0.25, -0.2) is 0 Å². The van der Waals surface area contributed by atoms with Crippen LogP contribution < -0.4 is 4.74 Å². The molecule has 0 spiro atoms. The molecule has 1 heterocycles. The number of imide groups is 1. The van der Waals surface area contributed by atoms with Gasteiger partial charge in [-0.15, -0.1) is 0 Å². The summed E-state index contributed by atoms with van der Waals surface area (Å²) in [6.45, 7) is 2.53. The van der Waals surface area contributed by atoms with Gasteiger partial charge in [-0.3, -0.25) is 9.59 Å². The zero-order chi connectivity index (χ0) is 20.7. The van der Waals surface area contributed by atoms with Gasteiger partial charge in [0.25, 0.3) is 11.8 Å². The first-order valence-electron chi connectivity index (χ1n) is 10.5. The van der Waals surface area contributed by atoms with Crippen molar-refractivity contribution in [1.82, 2.24) is 5.01 Å². The van der Waals surface area contributed by atoms with Gasteiger partial charge in [-0.05, 0) is 54.9 Å². The van der Waals surface area contributed by atoms with Gasteiger partial charge in [-0.1, -0.05) is 54.1 Å². The van der Waals surface area contributed by atoms with E-state index in [4.69, 9.17) is 4.74 Å². The molecule has 2 bridgehead atoms. The van der Waals surface area contributed by atoms with Crippen molar-refractivity contribution >= 4 is 18.0 Å². The molecule has 1 saturated carbocycles. The molecule has 0 radical (unpaired) electrons. The van der Waals surface area contributed by atoms with E-state index in [1.807, 2.05) is 36.4 Å². The van der Waals surface area contributed by atoms with Crippen molar-refractivity contribution in [3.63, 3.8) is 0 Å². The fraction of sp³-hybridized carbons (Fsp3) is 0.320. The van der Waals surface area contributed by atoms with Crippen LogP contribution in [0.1, 0.15) is 29.5 Å². The van der Waals surface area contributed by atoms with Gasteiger partial charge in [0.1, 0.15) is 12.4 Å². The summed E-state index contributed by atoms with van der Waals surface area (Å²) in [5, 5.41) is 5.36. The van der Waals surface area contributed by atoms with E-state index >= 15 is 0 Å². The quantitative estimate of drug-likeness (QED) is 0.431. The van der Waals surface area contributed by atoms with Gasteiger partial charge in [-0.2, -0.15) is 10.1 Å². The number of allylic oxidation sites excluding steroid dienone is 2. The second kappa shape index (κ2) is 7.56. The Kier molecular flexibility index (Phi) is 4.74. The number of hydrogen-bond acceptors (Lipinski definition) is 4. The van der Waals surface area contributed by atoms with Crippen molar-refractivity contribution in [1.29, 1.82) is 0 Å². The van der Waals surface area contributed by atoms with E-state index in [0.717, 1.165) is 34.7 Å². The van der Waals surface area contributed by atoms with Crippen molar-refractivity contribution in [2.45, 2.75) is 26.4 Å². The average Bonchev–Trinajstić information content (AvgIpc) is 3.05. The summed E-state index contributed by atoms with van der Waals surface area (Å²) >= 11 is 0. The summed E-state index contributed by atoms with van der Waals surface area (Å²) < 4.78 is 5.88. The number of ether oxygens (including phenoxy) is 1. The maximum absolute atomic E-state index is 12.8. The summed E-state index contributed by atoms with van der Waals surface area (Å²) in [4.78, 5) is 25.7. The molecule has 3 aliphatic carbocycles. The molecule has 0 unspecified atom stereocenters. The predicted molar refractivity (Wildman–Crippen MR) is 114 cm³/mol. The third-order valence-corrected chi connectivity index (χ3v) is 6.44. The number of hydrogen-bond donors (Lipinski definition) is 0. The van der Waals surface area contributed by atoms with Crippen LogP contribution in [0.3, 0.4) is 0 Å². The Balaban J connectivity index is 1.28. The highest BCUT2D eigenvalue weighted by molar-refractivity contribution is 6.06. The SMILES string of the molecule is Cc1ccc(COc2cccc(/C=N\N3C(=O)[C@@H]4[C@H](C3=O)[C@H]3C=C[C@H]4CC3)c2)cc1. The Hall–Kier alpha value is -3.21. The van der Waals surface area contributed by atoms with Crippen molar-refractivity contribution in [3.05, 3.63) is 77.4 Å². The van der Waals surface area contributed by atoms with Crippen LogP contribution in [-0.4, -0.2) is 23.0 Å². The van der Waals surface area contributed by atoms with Crippen LogP contribution >= 0.6 is 0 Å². The Bertz CT molecular complexity index is 1010. The molecule has 4 aliphatic rings. The normalized spacial score (nSPS) is 27.2. The lowest BCUT2D eigenvalue weighted by Crippen LogP contribution is -2.38. The summed E-state index contributed by atoms with van der Waals surface area (Å²) in [6.07, 6.45) is 7.77. The number of benzene rings is 2. The lowest BCUT2D eigenvalue weighted by Gasteiger charge is -2.37. The number of amides is 2. The molecule has 1 aliphatic heterocycles. The van der Waals surface area contributed by atoms with Gasteiger partial charge in [0, 0.05) is 0 Å². The van der Waals surface area contributed by atoms with Crippen molar-refractivity contribution in [2.75, 3.05) is 0 Å². The highest BCUT2D eigenvalue weighted by Crippen LogP contribution is 2.49. The molecule has 5 heteroatoms. The Labute approximate surface area is 176 Å². The summed E-state index contributed by atoms with van der Waals surface area (Å²) in [5.74, 6) is 0.282. The van der Waals surface area contributed by atoms with Gasteiger partial charge in [0.15, 0.2) is 0 Å². The molecule has 1 saturated heterocycles. The fourth-order valence-electron chi connectivity index (χ4n) is 4.83. The highest BCUT2D eigenvalue weighted by Gasteiger charge is 2.56. The van der Waals surface area contributed by atoms with E-state index in [1.54, 1.807) is 6.21 Å². The molecule has 2 aromatic carbocycles. The van der Waals surface area contributed by atoms with Crippen LogP contribution in [0.2, 0.25) is 0 Å². The molecular formula is C25H24N2O3. The summed E-state index contributed by atoms with van der Waals surface area (Å²) in [5.41, 5.74) is 3.10. The van der Waals surface area contributed by atoms with Gasteiger partial charge in [0.2, 0.25) is 0 Å². The van der Waals surface area contributed by atoms with Gasteiger partial charge >= 0.3 is 0 Å². The summed E-state index contributed by atoms with van der Waals surface area (Å²) in [7, 11) is 0. The van der Waals surface area contributed by atoms with Crippen LogP contribution in [-0.2, 0) is 16.2 Å². The first-order valence-corrected chi connectivity index (χ1v) is 10.5. The molecule has 6 rings (SSSR count). The van der Waals surface area contributed by atoms with Gasteiger partial charge in [0.05, 0.1) is 18.1 Å². The van der Waals surface area contributed by atoms with Gasteiger partial charge < -0.3 is 4.74 Å². The van der Waals surface area contributed by atoms with E-state index in [0.29, 0.717) is 6.61 Å². The van der Waals surface area contributed by atoms with Crippen LogP contribution in [0.15, 0.2) is 65.8 Å². The molecule has 30 heavy (non-hydrogen) atoms. The zero-order valence-corrected chi connectivity index (χ0v) is 16.9. The average molecular weight is 400 g/mol. The van der Waals surface area contributed by atoms with Crippen molar-refractivity contribution in [3.8, 4) is 5.75 Å². The second-order valence-electron chi connectivity index (χ2n) is 8.42. The smallest absolute Gasteiger partial charge is 0.254 e. The predicted octanol–water partition coefficient (Wildman–Crippen LogP) is 4.11. The fourth-order valence-corrected chi connectivity index (χ4v) is 4.83. The third kappa shape index (κ3) is 3.34. The van der Waals surface area contributed by atoms with E-state index in [9.17, 15) is 9.59 Å². The number of aryl methyl sites for hydroxylation is 1. The number of fused-ring (bicyclic) bond motifs is 1. The minimum atomic E-state index is -0.234. The Morgan fingerprint density at radius 1 is 1.00 bits per heavy atom. The van der Waals surface area contributed by atoms with Crippen LogP contribution in [0.4, 0.5) is 0 Å². The maximum Gasteiger partial charge on any atom is 0.254 e. The number of nitrogens with zero attached hydrogens (tertiary/aromatic N) is 2. The topological polar surface area (TPSA) is 59.0 Å². The van der Waals surface area contributed by atoms with E-state index in [1.165, 1.54) is 5.56 Å². The molecule has 2 aromatic rings. The van der Waals surface area contributed by atoms with Crippen LogP contribution in [0, 0.1) is 30.6 Å². The molecule has 4 atom stereocenters. The molecule has 5 nitrogen and oxygen atoms in total. The van der Waals surface area contributed by atoms with Crippen molar-refractivity contribution < 1.29 is 14.3 Å². The van der Waals surface area contributed by atoms with E-state index in [2.05, 4.69) is 36.3 Å². The standard InChI is InChI=1S/C25H24N2O3/c1-16-5-7-17(8-6-16)15-30-21-4-2-3-18(13-21)14-26-27-24(28)22-19-9-10-20(12-11-19)23(22)25(27)29/h2-10,13-14,19-20,22-23H,11-12,15H2,1H3/b26-14-/t19-,20-,22-,23+/m0/s1. The van der Waals surface area contributed by atoms with Crippen LogP contribution in [0.25, 0.3) is 0 Å². The molecule has 152 valence electrons. The Morgan fingerprint density at radius 3 is 2.30 bits per heavy atom. The number of carbonyl (C=O) groups excluding carboxylic acids is 2. The van der Waals surface area contributed by atoms with E-state index in [-0.39, 0.29) is 35.5 Å². The number of hydrazone groups is 1. The highest BCUT2D eigenvalue weighted by atomic mass is 16.5.